The van der Waals surface area contributed by atoms with Crippen molar-refractivity contribution in [2.24, 2.45) is 0 Å². The average Bonchev–Trinajstić information content (AvgIpc) is 0.722. The van der Waals surface area contributed by atoms with Crippen LogP contribution in [0.2, 0.25) is 0 Å². The molecule has 0 amide bonds. The van der Waals surface area contributed by atoms with Crippen LogP contribution in [0.4, 0.5) is 0 Å². The van der Waals surface area contributed by atoms with Crippen molar-refractivity contribution in [3.05, 3.63) is 0 Å². The summed E-state index contributed by atoms with van der Waals surface area (Å²) in [6.45, 7) is 0. The summed E-state index contributed by atoms with van der Waals surface area (Å²) in [5.74, 6) is 0. The molecule has 7 heteroatoms. The first-order valence-electron chi connectivity index (χ1n) is 0.894. The molecule has 0 fully saturated rings. The van der Waals surface area contributed by atoms with E-state index in [0.717, 1.165) is 0 Å². The van der Waals surface area contributed by atoms with Crippen LogP contribution < -0.4 is 18.9 Å². The molecule has 0 radical (unpaired) electrons. The van der Waals surface area contributed by atoms with Crippen molar-refractivity contribution in [2.75, 3.05) is 0 Å². The standard InChI is InChI=1S/Li.H4O4Si.Ti.H/c;1-5(2,3)4;;/h;1-4H;;/q+1;;;-1. The van der Waals surface area contributed by atoms with Crippen molar-refractivity contribution in [3.63, 3.8) is 0 Å². The number of hydrogen-bond acceptors (Lipinski definition) is 4. The molecule has 0 aliphatic carbocycles. The molecule has 0 aromatic carbocycles. The van der Waals surface area contributed by atoms with E-state index >= 15 is 0 Å². The molecule has 0 saturated heterocycles. The molecule has 0 saturated carbocycles. The summed E-state index contributed by atoms with van der Waals surface area (Å²) in [7, 11) is -4.61. The maximum absolute atomic E-state index is 7.33. The molecule has 0 rings (SSSR count). The molecule has 0 unspecified atom stereocenters. The SMILES string of the molecule is O[Si](O)(O)O.[H-].[Li+].[Ti]. The third kappa shape index (κ3) is 113. The van der Waals surface area contributed by atoms with E-state index < -0.39 is 9.05 Å². The Morgan fingerprint density at radius 2 is 1.00 bits per heavy atom. The minimum atomic E-state index is -4.61. The van der Waals surface area contributed by atoms with E-state index in [0.29, 0.717) is 0 Å². The Bertz CT molecular complexity index is 31.5. The Labute approximate surface area is 70.2 Å². The van der Waals surface area contributed by atoms with Gasteiger partial charge >= 0.3 is 27.9 Å². The first-order chi connectivity index (χ1) is 2.00. The van der Waals surface area contributed by atoms with Gasteiger partial charge in [-0.15, -0.1) is 0 Å². The summed E-state index contributed by atoms with van der Waals surface area (Å²) in [4.78, 5) is 29.3. The summed E-state index contributed by atoms with van der Waals surface area (Å²) < 4.78 is 0. The summed E-state index contributed by atoms with van der Waals surface area (Å²) in [5.41, 5.74) is 0. The topological polar surface area (TPSA) is 80.9 Å². The predicted octanol–water partition coefficient (Wildman–Crippen LogP) is -5.49. The Morgan fingerprint density at radius 3 is 1.00 bits per heavy atom. The zero-order chi connectivity index (χ0) is 4.50. The van der Waals surface area contributed by atoms with Crippen LogP contribution in [-0.2, 0) is 21.7 Å². The zero-order valence-electron chi connectivity index (χ0n) is 4.79. The third-order valence-electron chi connectivity index (χ3n) is 0. The molecule has 0 heterocycles. The zero-order valence-corrected chi connectivity index (χ0v) is 6.35. The fourth-order valence-corrected chi connectivity index (χ4v) is 0. The van der Waals surface area contributed by atoms with E-state index in [1.54, 1.807) is 0 Å². The molecule has 0 aromatic heterocycles. The van der Waals surface area contributed by atoms with Gasteiger partial charge in [0.2, 0.25) is 0 Å². The molecule has 0 aromatic rings. The van der Waals surface area contributed by atoms with Crippen molar-refractivity contribution in [1.82, 2.24) is 0 Å². The molecule has 4 nitrogen and oxygen atoms in total. The van der Waals surface area contributed by atoms with Crippen LogP contribution in [0.1, 0.15) is 1.43 Å². The van der Waals surface area contributed by atoms with Crippen molar-refractivity contribution in [2.45, 2.75) is 0 Å². The Hall–Kier alpha value is 1.37. The minimum Gasteiger partial charge on any atom is -1.00 e. The molecule has 7 heavy (non-hydrogen) atoms. The van der Waals surface area contributed by atoms with Gasteiger partial charge in [0.1, 0.15) is 0 Å². The van der Waals surface area contributed by atoms with Gasteiger partial charge in [-0.1, -0.05) is 0 Å². The van der Waals surface area contributed by atoms with Crippen LogP contribution in [0.3, 0.4) is 0 Å². The number of hydrogen-bond donors (Lipinski definition) is 4. The average molecular weight is 152 g/mol. The monoisotopic (exact) mass is 152 g/mol. The normalized spacial score (nSPS) is 8.57. The number of rotatable bonds is 0. The van der Waals surface area contributed by atoms with Gasteiger partial charge in [-0.3, -0.25) is 0 Å². The van der Waals surface area contributed by atoms with Gasteiger partial charge in [-0.25, -0.2) is 0 Å². The largest absolute Gasteiger partial charge is 1.00 e. The van der Waals surface area contributed by atoms with E-state index in [1.807, 2.05) is 0 Å². The molecule has 4 N–H and O–H groups in total. The molecule has 0 aliphatic rings. The second kappa shape index (κ2) is 5.50. The second-order valence-corrected chi connectivity index (χ2v) is 1.80. The summed E-state index contributed by atoms with van der Waals surface area (Å²) in [6.07, 6.45) is 0. The fraction of sp³-hybridized carbons (Fsp3) is 0. The smallest absolute Gasteiger partial charge is 1.00 e. The van der Waals surface area contributed by atoms with Gasteiger partial charge in [0.15, 0.2) is 0 Å². The van der Waals surface area contributed by atoms with E-state index in [9.17, 15) is 0 Å². The van der Waals surface area contributed by atoms with Gasteiger partial charge in [0, 0.05) is 21.7 Å². The van der Waals surface area contributed by atoms with E-state index in [2.05, 4.69) is 0 Å². The molecular formula is H5LiO4SiTi. The van der Waals surface area contributed by atoms with Crippen molar-refractivity contribution in [1.29, 1.82) is 0 Å². The molecule has 0 atom stereocenters. The van der Waals surface area contributed by atoms with Crippen molar-refractivity contribution in [3.8, 4) is 0 Å². The molecular weight excluding hydrogens is 147 g/mol. The van der Waals surface area contributed by atoms with Gasteiger partial charge in [-0.05, 0) is 0 Å². The van der Waals surface area contributed by atoms with Crippen LogP contribution in [-0.4, -0.2) is 28.2 Å². The first kappa shape index (κ1) is 15.8. The molecule has 38 valence electrons. The van der Waals surface area contributed by atoms with E-state index in [1.165, 1.54) is 0 Å². The summed E-state index contributed by atoms with van der Waals surface area (Å²) >= 11 is 0. The van der Waals surface area contributed by atoms with Gasteiger partial charge in [0.25, 0.3) is 0 Å². The maximum Gasteiger partial charge on any atom is 1.00 e. The van der Waals surface area contributed by atoms with E-state index in [-0.39, 0.29) is 42.0 Å². The Balaban J connectivity index is -0.0000000267. The van der Waals surface area contributed by atoms with Crippen LogP contribution in [0.15, 0.2) is 0 Å². The van der Waals surface area contributed by atoms with Crippen molar-refractivity contribution < 1.29 is 61.2 Å². The van der Waals surface area contributed by atoms with Crippen LogP contribution in [0.5, 0.6) is 0 Å². The second-order valence-electron chi connectivity index (χ2n) is 0.600. The van der Waals surface area contributed by atoms with Crippen LogP contribution in [0, 0.1) is 0 Å². The Kier molecular flexibility index (Phi) is 12.4. The van der Waals surface area contributed by atoms with Gasteiger partial charge in [0.05, 0.1) is 0 Å². The predicted molar refractivity (Wildman–Crippen MR) is 15.7 cm³/mol. The first-order valence-corrected chi connectivity index (χ1v) is 2.68. The van der Waals surface area contributed by atoms with Crippen LogP contribution in [0.25, 0.3) is 0 Å². The maximum atomic E-state index is 7.33. The van der Waals surface area contributed by atoms with Crippen LogP contribution >= 0.6 is 0 Å². The van der Waals surface area contributed by atoms with Gasteiger partial charge in [-0.2, -0.15) is 0 Å². The Morgan fingerprint density at radius 1 is 1.00 bits per heavy atom. The minimum absolute atomic E-state index is 0. The molecule has 0 aliphatic heterocycles. The molecule has 0 bridgehead atoms. The van der Waals surface area contributed by atoms with Crippen molar-refractivity contribution >= 4 is 9.05 Å². The molecule has 0 spiro atoms. The summed E-state index contributed by atoms with van der Waals surface area (Å²) in [5, 5.41) is 0. The quantitative estimate of drug-likeness (QED) is 0.261. The van der Waals surface area contributed by atoms with E-state index in [4.69, 9.17) is 19.2 Å². The fourth-order valence-electron chi connectivity index (χ4n) is 0. The van der Waals surface area contributed by atoms with Gasteiger partial charge < -0.3 is 20.6 Å². The summed E-state index contributed by atoms with van der Waals surface area (Å²) in [6, 6.07) is 0. The third-order valence-corrected chi connectivity index (χ3v) is 0.